The van der Waals surface area contributed by atoms with E-state index in [4.69, 9.17) is 21.4 Å². The first-order chi connectivity index (χ1) is 14.4. The Hall–Kier alpha value is -3.45. The van der Waals surface area contributed by atoms with E-state index >= 15 is 0 Å². The molecule has 1 aliphatic rings. The molecule has 30 heavy (non-hydrogen) atoms. The number of aryl methyl sites for hydroxylation is 2. The van der Waals surface area contributed by atoms with Crippen LogP contribution in [0, 0.1) is 19.7 Å². The molecular weight excluding hydrogens is 403 g/mol. The number of anilines is 1. The molecule has 3 aromatic rings. The van der Waals surface area contributed by atoms with Crippen LogP contribution in [-0.2, 0) is 11.4 Å². The van der Waals surface area contributed by atoms with Gasteiger partial charge in [-0.15, -0.1) is 0 Å². The molecule has 0 spiro atoms. The van der Waals surface area contributed by atoms with Crippen molar-refractivity contribution in [2.75, 3.05) is 4.90 Å². The zero-order valence-corrected chi connectivity index (χ0v) is 17.3. The maximum absolute atomic E-state index is 13.2. The third-order valence-electron chi connectivity index (χ3n) is 4.51. The number of benzene rings is 2. The Bertz CT molecular complexity index is 1130. The Balaban J connectivity index is 1.46. The predicted molar refractivity (Wildman–Crippen MR) is 117 cm³/mol. The molecule has 4 rings (SSSR count). The first kappa shape index (κ1) is 19.8. The minimum Gasteiger partial charge on any atom is -0.486 e. The van der Waals surface area contributed by atoms with E-state index in [1.807, 2.05) is 26.0 Å². The number of carbonyl (C=O) groups excluding carboxylic acids is 1. The van der Waals surface area contributed by atoms with Crippen molar-refractivity contribution in [1.82, 2.24) is 5.32 Å². The van der Waals surface area contributed by atoms with E-state index in [-0.39, 0.29) is 29.1 Å². The van der Waals surface area contributed by atoms with Gasteiger partial charge in [0, 0.05) is 6.08 Å². The van der Waals surface area contributed by atoms with E-state index < -0.39 is 0 Å². The van der Waals surface area contributed by atoms with Crippen molar-refractivity contribution in [3.63, 3.8) is 0 Å². The molecule has 2 heterocycles. The highest BCUT2D eigenvalue weighted by atomic mass is 32.1. The van der Waals surface area contributed by atoms with Gasteiger partial charge in [0.2, 0.25) is 0 Å². The minimum atomic E-state index is -0.383. The van der Waals surface area contributed by atoms with Crippen molar-refractivity contribution in [1.29, 1.82) is 0 Å². The number of amides is 1. The number of nitrogens with zero attached hydrogens (tertiary/aromatic N) is 1. The number of hydrogen-bond donors (Lipinski definition) is 1. The average Bonchev–Trinajstić information content (AvgIpc) is 3.25. The van der Waals surface area contributed by atoms with Crippen LogP contribution >= 0.6 is 12.2 Å². The number of furan rings is 1. The van der Waals surface area contributed by atoms with E-state index in [1.54, 1.807) is 18.2 Å². The van der Waals surface area contributed by atoms with Gasteiger partial charge in [-0.1, -0.05) is 6.07 Å². The van der Waals surface area contributed by atoms with Crippen LogP contribution in [0.5, 0.6) is 5.75 Å². The van der Waals surface area contributed by atoms with Crippen LogP contribution in [0.2, 0.25) is 0 Å². The molecule has 0 aliphatic carbocycles. The van der Waals surface area contributed by atoms with Gasteiger partial charge in [-0.05, 0) is 85.7 Å². The second kappa shape index (κ2) is 8.12. The molecule has 1 N–H and O–H groups in total. The standard InChI is InChI=1S/C23H19FN2O3S/c1-14-9-15(2)11-20(10-14)28-13-19-8-7-18(29-19)12-21-22(27)26(23(30)25-21)17-5-3-16(24)4-6-17/h3-12H,13H2,1-2H3,(H,25,30)/b21-12+. The molecule has 1 amide bonds. The second-order valence-electron chi connectivity index (χ2n) is 7.02. The van der Waals surface area contributed by atoms with Gasteiger partial charge in [-0.2, -0.15) is 0 Å². The lowest BCUT2D eigenvalue weighted by Gasteiger charge is -2.13. The molecule has 0 radical (unpaired) electrons. The van der Waals surface area contributed by atoms with Crippen molar-refractivity contribution < 1.29 is 18.3 Å². The largest absolute Gasteiger partial charge is 0.486 e. The Morgan fingerprint density at radius 3 is 2.50 bits per heavy atom. The van der Waals surface area contributed by atoms with Crippen LogP contribution in [0.15, 0.2) is 64.7 Å². The van der Waals surface area contributed by atoms with Crippen LogP contribution in [0.4, 0.5) is 10.1 Å². The highest BCUT2D eigenvalue weighted by Gasteiger charge is 2.32. The third kappa shape index (κ3) is 4.26. The molecule has 7 heteroatoms. The van der Waals surface area contributed by atoms with Crippen LogP contribution in [-0.4, -0.2) is 11.0 Å². The first-order valence-electron chi connectivity index (χ1n) is 9.31. The molecule has 152 valence electrons. The molecule has 1 saturated heterocycles. The van der Waals surface area contributed by atoms with Crippen molar-refractivity contribution >= 4 is 35.0 Å². The molecule has 0 unspecified atom stereocenters. The molecule has 2 aromatic carbocycles. The molecule has 0 bridgehead atoms. The van der Waals surface area contributed by atoms with Gasteiger partial charge in [0.25, 0.3) is 5.91 Å². The number of rotatable bonds is 5. The molecule has 1 fully saturated rings. The number of nitrogens with one attached hydrogen (secondary N) is 1. The minimum absolute atomic E-state index is 0.225. The summed E-state index contributed by atoms with van der Waals surface area (Å²) in [6, 6.07) is 15.1. The summed E-state index contributed by atoms with van der Waals surface area (Å²) < 4.78 is 24.7. The number of ether oxygens (including phenoxy) is 1. The lowest BCUT2D eigenvalue weighted by Crippen LogP contribution is -2.30. The Morgan fingerprint density at radius 1 is 1.10 bits per heavy atom. The van der Waals surface area contributed by atoms with Crippen LogP contribution in [0.1, 0.15) is 22.6 Å². The van der Waals surface area contributed by atoms with Gasteiger partial charge < -0.3 is 14.5 Å². The molecular formula is C23H19FN2O3S. The van der Waals surface area contributed by atoms with E-state index in [0.29, 0.717) is 17.2 Å². The van der Waals surface area contributed by atoms with Crippen molar-refractivity contribution in [3.8, 4) is 5.75 Å². The van der Waals surface area contributed by atoms with Gasteiger partial charge in [-0.25, -0.2) is 4.39 Å². The summed E-state index contributed by atoms with van der Waals surface area (Å²) in [5, 5.41) is 3.10. The quantitative estimate of drug-likeness (QED) is 0.469. The topological polar surface area (TPSA) is 54.7 Å². The summed E-state index contributed by atoms with van der Waals surface area (Å²) in [4.78, 5) is 14.0. The number of halogens is 1. The number of thiocarbonyl (C=S) groups is 1. The lowest BCUT2D eigenvalue weighted by atomic mass is 10.1. The molecule has 5 nitrogen and oxygen atoms in total. The maximum Gasteiger partial charge on any atom is 0.281 e. The SMILES string of the molecule is Cc1cc(C)cc(OCc2ccc(/C=C3/NC(=S)N(c4ccc(F)cc4)C3=O)o2)c1. The fraction of sp³-hybridized carbons (Fsp3) is 0.130. The molecule has 1 aliphatic heterocycles. The van der Waals surface area contributed by atoms with Gasteiger partial charge in [0.05, 0.1) is 5.69 Å². The number of hydrogen-bond acceptors (Lipinski definition) is 4. The summed E-state index contributed by atoms with van der Waals surface area (Å²) in [7, 11) is 0. The van der Waals surface area contributed by atoms with E-state index in [1.165, 1.54) is 29.2 Å². The monoisotopic (exact) mass is 422 g/mol. The van der Waals surface area contributed by atoms with Gasteiger partial charge in [0.1, 0.15) is 35.4 Å². The summed E-state index contributed by atoms with van der Waals surface area (Å²) in [5.74, 6) is 1.18. The normalized spacial score (nSPS) is 15.0. The van der Waals surface area contributed by atoms with Gasteiger partial charge in [-0.3, -0.25) is 9.69 Å². The average molecular weight is 422 g/mol. The third-order valence-corrected chi connectivity index (χ3v) is 4.79. The van der Waals surface area contributed by atoms with Crippen LogP contribution in [0.3, 0.4) is 0 Å². The Labute approximate surface area is 178 Å². The Kier molecular flexibility index (Phi) is 5.37. The van der Waals surface area contributed by atoms with Gasteiger partial charge in [0.15, 0.2) is 5.11 Å². The van der Waals surface area contributed by atoms with E-state index in [2.05, 4.69) is 11.4 Å². The fourth-order valence-corrected chi connectivity index (χ4v) is 3.52. The highest BCUT2D eigenvalue weighted by molar-refractivity contribution is 7.80. The molecule has 0 saturated carbocycles. The van der Waals surface area contributed by atoms with Crippen molar-refractivity contribution in [2.45, 2.75) is 20.5 Å². The smallest absolute Gasteiger partial charge is 0.281 e. The van der Waals surface area contributed by atoms with E-state index in [0.717, 1.165) is 16.9 Å². The predicted octanol–water partition coefficient (Wildman–Crippen LogP) is 4.88. The second-order valence-corrected chi connectivity index (χ2v) is 7.41. The summed E-state index contributed by atoms with van der Waals surface area (Å²) >= 11 is 5.26. The Morgan fingerprint density at radius 2 is 1.80 bits per heavy atom. The van der Waals surface area contributed by atoms with Gasteiger partial charge >= 0.3 is 0 Å². The molecule has 0 atom stereocenters. The van der Waals surface area contributed by atoms with Crippen LogP contribution in [0.25, 0.3) is 6.08 Å². The zero-order valence-electron chi connectivity index (χ0n) is 16.4. The first-order valence-corrected chi connectivity index (χ1v) is 9.72. The zero-order chi connectivity index (χ0) is 21.3. The maximum atomic E-state index is 13.2. The van der Waals surface area contributed by atoms with Crippen LogP contribution < -0.4 is 15.0 Å². The highest BCUT2D eigenvalue weighted by Crippen LogP contribution is 2.24. The van der Waals surface area contributed by atoms with Crippen molar-refractivity contribution in [3.05, 3.63) is 88.8 Å². The summed E-state index contributed by atoms with van der Waals surface area (Å²) in [6.45, 7) is 4.30. The van der Waals surface area contributed by atoms with E-state index in [9.17, 15) is 9.18 Å². The molecule has 1 aromatic heterocycles. The number of carbonyl (C=O) groups is 1. The van der Waals surface area contributed by atoms with Crippen molar-refractivity contribution in [2.24, 2.45) is 0 Å². The lowest BCUT2D eigenvalue weighted by molar-refractivity contribution is -0.113. The fourth-order valence-electron chi connectivity index (χ4n) is 3.22. The summed E-state index contributed by atoms with van der Waals surface area (Å²) in [6.07, 6.45) is 1.58. The summed E-state index contributed by atoms with van der Waals surface area (Å²) in [5.41, 5.74) is 3.02.